The van der Waals surface area contributed by atoms with E-state index in [1.807, 2.05) is 40.5 Å². The molecule has 318 valence electrons. The molecule has 4 aliphatic heterocycles. The molecule has 2 unspecified atom stereocenters. The Kier molecular flexibility index (Phi) is 11.4. The lowest BCUT2D eigenvalue weighted by atomic mass is 9.81. The van der Waals surface area contributed by atoms with Crippen LogP contribution in [0.1, 0.15) is 113 Å². The molecule has 5 aromatic rings. The average Bonchev–Trinajstić information content (AvgIpc) is 4.08. The lowest BCUT2D eigenvalue weighted by Gasteiger charge is -2.45. The fraction of sp³-hybridized carbons (Fsp3) is 0.659. The minimum Gasteiger partial charge on any atom is -0.421 e. The molecule has 59 heavy (non-hydrogen) atoms. The molecule has 9 rings (SSSR count). The van der Waals surface area contributed by atoms with E-state index in [1.165, 1.54) is 36.9 Å². The maximum atomic E-state index is 12.0. The Morgan fingerprint density at radius 1 is 0.831 bits per heavy atom. The second-order valence-corrected chi connectivity index (χ2v) is 21.7. The van der Waals surface area contributed by atoms with Crippen LogP contribution in [0.5, 0.6) is 0 Å². The van der Waals surface area contributed by atoms with Crippen molar-refractivity contribution in [2.24, 2.45) is 0 Å². The van der Waals surface area contributed by atoms with Gasteiger partial charge < -0.3 is 13.9 Å². The molecule has 2 spiro atoms. The Balaban J connectivity index is 0.940. The summed E-state index contributed by atoms with van der Waals surface area (Å²) in [6.07, 6.45) is 12.8. The Labute approximate surface area is 354 Å². The average molecular weight is 866 g/mol. The number of fused-ring (bicyclic) bond motifs is 4. The summed E-state index contributed by atoms with van der Waals surface area (Å²) in [4.78, 5) is 10.7. The summed E-state index contributed by atoms with van der Waals surface area (Å²) in [5, 5.41) is 21.9. The van der Waals surface area contributed by atoms with E-state index in [1.54, 1.807) is 11.6 Å². The zero-order chi connectivity index (χ0) is 40.9. The van der Waals surface area contributed by atoms with Crippen LogP contribution in [0, 0.1) is 0 Å². The van der Waals surface area contributed by atoms with E-state index in [2.05, 4.69) is 67.2 Å². The van der Waals surface area contributed by atoms with Crippen molar-refractivity contribution in [2.75, 3.05) is 45.6 Å². The van der Waals surface area contributed by atoms with Gasteiger partial charge in [0.2, 0.25) is 5.89 Å². The van der Waals surface area contributed by atoms with Gasteiger partial charge in [0.15, 0.2) is 34.3 Å². The topological polar surface area (TPSA) is 150 Å². The normalized spacial score (nSPS) is 21.3. The summed E-state index contributed by atoms with van der Waals surface area (Å²) < 4.78 is 49.5. The number of ether oxygens (including phenoxy) is 2. The van der Waals surface area contributed by atoms with Crippen molar-refractivity contribution in [3.05, 3.63) is 78.3 Å². The summed E-state index contributed by atoms with van der Waals surface area (Å²) in [5.74, 6) is 1.18. The van der Waals surface area contributed by atoms with Gasteiger partial charge in [-0.15, -0.1) is 47.3 Å². The molecule has 2 fully saturated rings. The third kappa shape index (κ3) is 8.22. The van der Waals surface area contributed by atoms with Crippen molar-refractivity contribution in [1.82, 2.24) is 44.9 Å². The highest BCUT2D eigenvalue weighted by molar-refractivity contribution is 7.91. The van der Waals surface area contributed by atoms with Gasteiger partial charge in [-0.3, -0.25) is 14.5 Å². The third-order valence-electron chi connectivity index (χ3n) is 12.9. The lowest BCUT2D eigenvalue weighted by Crippen LogP contribution is -2.55. The summed E-state index contributed by atoms with van der Waals surface area (Å²) in [6, 6.07) is 4.76. The van der Waals surface area contributed by atoms with E-state index >= 15 is 0 Å². The van der Waals surface area contributed by atoms with Crippen LogP contribution >= 0.6 is 22.7 Å². The van der Waals surface area contributed by atoms with Crippen LogP contribution in [0.3, 0.4) is 0 Å². The molecule has 9 heterocycles. The van der Waals surface area contributed by atoms with Crippen molar-refractivity contribution >= 4 is 32.5 Å². The van der Waals surface area contributed by atoms with E-state index in [0.717, 1.165) is 95.7 Å². The van der Waals surface area contributed by atoms with Gasteiger partial charge in [-0.2, -0.15) is 0 Å². The van der Waals surface area contributed by atoms with Crippen LogP contribution < -0.4 is 4.68 Å². The highest BCUT2D eigenvalue weighted by atomic mass is 32.2. The fourth-order valence-electron chi connectivity index (χ4n) is 9.31. The summed E-state index contributed by atoms with van der Waals surface area (Å²) >= 11 is 3.89. The number of hydrogen-bond donors (Lipinski definition) is 0. The molecular formula is C41H57N10O5S3+. The van der Waals surface area contributed by atoms with Gasteiger partial charge in [-0.05, 0) is 63.1 Å². The second-order valence-electron chi connectivity index (χ2n) is 16.9. The number of aromatic nitrogens is 8. The minimum atomic E-state index is -3.15. The summed E-state index contributed by atoms with van der Waals surface area (Å²) in [5.41, 5.74) is 4.20. The Bertz CT molecular complexity index is 2360. The van der Waals surface area contributed by atoms with Crippen LogP contribution in [0.4, 0.5) is 0 Å². The monoisotopic (exact) mass is 865 g/mol. The fourth-order valence-corrected chi connectivity index (χ4v) is 12.2. The minimum absolute atomic E-state index is 0.0629. The maximum absolute atomic E-state index is 12.0. The Hall–Kier alpha value is -3.39. The summed E-state index contributed by atoms with van der Waals surface area (Å²) in [7, 11) is -3.15. The van der Waals surface area contributed by atoms with Gasteiger partial charge >= 0.3 is 0 Å². The molecule has 0 N–H and O–H groups in total. The smallest absolute Gasteiger partial charge is 0.260 e. The van der Waals surface area contributed by atoms with Gasteiger partial charge in [0, 0.05) is 78.2 Å². The quantitative estimate of drug-likeness (QED) is 0.152. The maximum Gasteiger partial charge on any atom is 0.260 e. The number of hydrogen-bond acceptors (Lipinski definition) is 14. The number of thiophene rings is 2. The number of nitrogens with zero attached hydrogens (tertiary/aromatic N) is 10. The molecule has 0 aromatic carbocycles. The van der Waals surface area contributed by atoms with Crippen molar-refractivity contribution in [1.29, 1.82) is 0 Å². The molecule has 18 heteroatoms. The van der Waals surface area contributed by atoms with Crippen LogP contribution in [0.15, 0.2) is 28.9 Å². The molecule has 2 saturated heterocycles. The molecule has 0 saturated carbocycles. The molecule has 5 aromatic heterocycles. The van der Waals surface area contributed by atoms with Gasteiger partial charge in [0.25, 0.3) is 5.89 Å². The molecule has 0 aliphatic carbocycles. The molecule has 15 nitrogen and oxygen atoms in total. The molecule has 0 radical (unpaired) electrons. The summed E-state index contributed by atoms with van der Waals surface area (Å²) in [6.45, 7) is 15.3. The first kappa shape index (κ1) is 41.0. The van der Waals surface area contributed by atoms with Gasteiger partial charge in [0.1, 0.15) is 0 Å². The highest BCUT2D eigenvalue weighted by Crippen LogP contribution is 2.48. The number of rotatable bonds is 13. The zero-order valence-electron chi connectivity index (χ0n) is 34.9. The van der Waals surface area contributed by atoms with E-state index in [4.69, 9.17) is 19.1 Å². The van der Waals surface area contributed by atoms with E-state index in [9.17, 15) is 8.42 Å². The molecule has 4 aliphatic rings. The molecule has 0 bridgehead atoms. The zero-order valence-corrected chi connectivity index (χ0v) is 37.4. The van der Waals surface area contributed by atoms with Gasteiger partial charge in [-0.25, -0.2) is 8.42 Å². The third-order valence-corrected chi connectivity index (χ3v) is 17.3. The molecule has 0 amide bonds. The van der Waals surface area contributed by atoms with Gasteiger partial charge in [0.05, 0.1) is 58.5 Å². The first-order valence-electron chi connectivity index (χ1n) is 21.3. The SMILES string of the molecule is CCc1nnc(Cn2cc(CN3CCC4(CC3)OCCc3sc(CC)cc34)[n+](C3COC4(CCN(Cc5cn(CC(C)S(C)(=O)=O)nn5)CC4)c4cc(CC)sc43)n2)o1. The first-order valence-corrected chi connectivity index (χ1v) is 24.9. The largest absolute Gasteiger partial charge is 0.421 e. The van der Waals surface area contributed by atoms with Gasteiger partial charge in [-0.1, -0.05) is 26.0 Å². The van der Waals surface area contributed by atoms with Crippen molar-refractivity contribution in [3.8, 4) is 0 Å². The van der Waals surface area contributed by atoms with E-state index in [-0.39, 0.29) is 17.2 Å². The standard InChI is InChI=1S/C41H57N10O5S3/c1-6-31-19-33-36(57-31)9-18-54-40(33)10-16-48(17-11-40)24-30-25-50(26-38-44-43-37(8-3)56-38)46-51(30)35-27-55-41(34-20-32(7-2)58-39(34)35)12-14-47(15-13-41)22-29-23-49(45-42-29)21-28(4)59(5,52)53/h19-20,23,25,28,35H,6-18,21-22,24,26-27H2,1-5H3/q+1. The van der Waals surface area contributed by atoms with Crippen LogP contribution in [-0.4, -0.2) is 104 Å². The van der Waals surface area contributed by atoms with Crippen LogP contribution in [0.25, 0.3) is 0 Å². The predicted octanol–water partition coefficient (Wildman–Crippen LogP) is 4.61. The number of aryl methyl sites for hydroxylation is 3. The lowest BCUT2D eigenvalue weighted by molar-refractivity contribution is -0.779. The van der Waals surface area contributed by atoms with E-state index < -0.39 is 15.1 Å². The second kappa shape index (κ2) is 16.5. The van der Waals surface area contributed by atoms with Crippen LogP contribution in [-0.2, 0) is 82.4 Å². The Morgan fingerprint density at radius 2 is 1.51 bits per heavy atom. The van der Waals surface area contributed by atoms with Crippen molar-refractivity contribution < 1.29 is 27.0 Å². The van der Waals surface area contributed by atoms with Crippen LogP contribution in [0.2, 0.25) is 0 Å². The molecule has 2 atom stereocenters. The van der Waals surface area contributed by atoms with E-state index in [0.29, 0.717) is 44.4 Å². The number of piperidine rings is 2. The van der Waals surface area contributed by atoms with Crippen molar-refractivity contribution in [2.45, 2.75) is 128 Å². The van der Waals surface area contributed by atoms with Crippen molar-refractivity contribution in [3.63, 3.8) is 0 Å². The molecular weight excluding hydrogens is 809 g/mol. The first-order chi connectivity index (χ1) is 28.5. The Morgan fingerprint density at radius 3 is 2.20 bits per heavy atom. The highest BCUT2D eigenvalue weighted by Gasteiger charge is 2.48. The number of likely N-dealkylation sites (tertiary alicyclic amines) is 2. The number of sulfone groups is 1. The predicted molar refractivity (Wildman–Crippen MR) is 223 cm³/mol.